The molecule has 0 N–H and O–H groups in total. The van der Waals surface area contributed by atoms with Crippen LogP contribution in [0.3, 0.4) is 0 Å². The molecule has 32 heavy (non-hydrogen) atoms. The van der Waals surface area contributed by atoms with Gasteiger partial charge >= 0.3 is 5.63 Å². The molecule has 0 saturated carbocycles. The van der Waals surface area contributed by atoms with Crippen molar-refractivity contribution in [3.05, 3.63) is 88.8 Å². The summed E-state index contributed by atoms with van der Waals surface area (Å²) < 4.78 is 18.1. The molecule has 0 bridgehead atoms. The average Bonchev–Trinajstić information content (AvgIpc) is 3.23. The summed E-state index contributed by atoms with van der Waals surface area (Å²) in [5, 5.41) is 1.92. The van der Waals surface area contributed by atoms with Gasteiger partial charge in [0.2, 0.25) is 0 Å². The van der Waals surface area contributed by atoms with Crippen molar-refractivity contribution in [3.63, 3.8) is 0 Å². The molecule has 0 spiro atoms. The third-order valence-corrected chi connectivity index (χ3v) is 6.23. The lowest BCUT2D eigenvalue weighted by Crippen LogP contribution is -2.05. The van der Waals surface area contributed by atoms with Crippen molar-refractivity contribution in [1.82, 2.24) is 4.98 Å². The van der Waals surface area contributed by atoms with Gasteiger partial charge in [-0.1, -0.05) is 12.1 Å². The van der Waals surface area contributed by atoms with Gasteiger partial charge in [-0.15, -0.1) is 11.3 Å². The van der Waals surface area contributed by atoms with E-state index in [1.807, 2.05) is 61.5 Å². The Kier molecular flexibility index (Phi) is 5.60. The number of fused-ring (bicyclic) bond motifs is 2. The van der Waals surface area contributed by atoms with Crippen molar-refractivity contribution in [2.45, 2.75) is 13.3 Å². The van der Waals surface area contributed by atoms with Crippen LogP contribution in [0.25, 0.3) is 31.8 Å². The Labute approximate surface area is 188 Å². The summed E-state index contributed by atoms with van der Waals surface area (Å²) in [6.07, 6.45) is 0.732. The Morgan fingerprint density at radius 3 is 2.47 bits per heavy atom. The third-order valence-electron chi connectivity index (χ3n) is 5.14. The minimum atomic E-state index is -0.352. The monoisotopic (exact) mass is 443 g/mol. The molecule has 160 valence electrons. The highest BCUT2D eigenvalue weighted by Gasteiger charge is 2.07. The number of hydrogen-bond acceptors (Lipinski definition) is 6. The lowest BCUT2D eigenvalue weighted by molar-refractivity contribution is 0.247. The highest BCUT2D eigenvalue weighted by molar-refractivity contribution is 7.21. The van der Waals surface area contributed by atoms with Crippen molar-refractivity contribution in [3.8, 4) is 22.1 Å². The Morgan fingerprint density at radius 2 is 1.66 bits per heavy atom. The van der Waals surface area contributed by atoms with E-state index in [0.717, 1.165) is 39.2 Å². The quantitative estimate of drug-likeness (QED) is 0.221. The predicted octanol–water partition coefficient (Wildman–Crippen LogP) is 6.23. The topological polar surface area (TPSA) is 61.6 Å². The van der Waals surface area contributed by atoms with Gasteiger partial charge in [0.05, 0.1) is 23.4 Å². The molecule has 0 aliphatic rings. The molecule has 2 aromatic heterocycles. The summed E-state index contributed by atoms with van der Waals surface area (Å²) in [5.74, 6) is 1.49. The summed E-state index contributed by atoms with van der Waals surface area (Å²) in [7, 11) is 0. The van der Waals surface area contributed by atoms with Crippen LogP contribution in [0.15, 0.2) is 82.0 Å². The van der Waals surface area contributed by atoms with Crippen molar-refractivity contribution in [2.24, 2.45) is 0 Å². The first kappa shape index (κ1) is 20.3. The minimum absolute atomic E-state index is 0.352. The maximum atomic E-state index is 11.6. The molecule has 0 amide bonds. The van der Waals surface area contributed by atoms with Gasteiger partial charge in [-0.25, -0.2) is 9.78 Å². The number of nitrogens with zero attached hydrogens (tertiary/aromatic N) is 1. The Bertz CT molecular complexity index is 1400. The fourth-order valence-corrected chi connectivity index (χ4v) is 4.49. The smallest absolute Gasteiger partial charge is 0.336 e. The van der Waals surface area contributed by atoms with E-state index in [-0.39, 0.29) is 5.63 Å². The van der Waals surface area contributed by atoms with Crippen LogP contribution in [-0.2, 0) is 0 Å². The molecular weight excluding hydrogens is 422 g/mol. The SMILES string of the molecule is Cc1cc(=O)oc2cc(OCCCOc3ccc(-c4nc5ccccc5s4)cc3)ccc12. The summed E-state index contributed by atoms with van der Waals surface area (Å²) in [6, 6.07) is 23.2. The Morgan fingerprint density at radius 1 is 0.906 bits per heavy atom. The van der Waals surface area contributed by atoms with Gasteiger partial charge in [0.25, 0.3) is 0 Å². The zero-order chi connectivity index (χ0) is 21.9. The van der Waals surface area contributed by atoms with Crippen LogP contribution in [0.5, 0.6) is 11.5 Å². The largest absolute Gasteiger partial charge is 0.493 e. The van der Waals surface area contributed by atoms with Crippen LogP contribution in [0.4, 0.5) is 0 Å². The number of para-hydroxylation sites is 1. The molecule has 5 rings (SSSR count). The van der Waals surface area contributed by atoms with Crippen LogP contribution < -0.4 is 15.1 Å². The van der Waals surface area contributed by atoms with Gasteiger partial charge in [0.15, 0.2) is 0 Å². The third kappa shape index (κ3) is 4.36. The van der Waals surface area contributed by atoms with E-state index in [4.69, 9.17) is 18.9 Å². The summed E-state index contributed by atoms with van der Waals surface area (Å²) >= 11 is 1.69. The summed E-state index contributed by atoms with van der Waals surface area (Å²) in [6.45, 7) is 2.94. The number of benzene rings is 3. The molecule has 2 heterocycles. The first-order chi connectivity index (χ1) is 15.7. The fourth-order valence-electron chi connectivity index (χ4n) is 3.52. The van der Waals surface area contributed by atoms with Crippen LogP contribution >= 0.6 is 11.3 Å². The van der Waals surface area contributed by atoms with Crippen LogP contribution in [0, 0.1) is 6.92 Å². The van der Waals surface area contributed by atoms with Gasteiger partial charge in [-0.05, 0) is 61.0 Å². The first-order valence-electron chi connectivity index (χ1n) is 10.4. The predicted molar refractivity (Wildman–Crippen MR) is 128 cm³/mol. The van der Waals surface area contributed by atoms with E-state index in [0.29, 0.717) is 24.5 Å². The number of ether oxygens (including phenoxy) is 2. The lowest BCUT2D eigenvalue weighted by atomic mass is 10.1. The van der Waals surface area contributed by atoms with Gasteiger partial charge in [-0.3, -0.25) is 0 Å². The highest BCUT2D eigenvalue weighted by atomic mass is 32.1. The van der Waals surface area contributed by atoms with Crippen LogP contribution in [-0.4, -0.2) is 18.2 Å². The average molecular weight is 444 g/mol. The second-order valence-electron chi connectivity index (χ2n) is 7.47. The van der Waals surface area contributed by atoms with Crippen molar-refractivity contribution in [1.29, 1.82) is 0 Å². The van der Waals surface area contributed by atoms with Crippen molar-refractivity contribution >= 4 is 32.5 Å². The number of thiazole rings is 1. The molecule has 0 aliphatic carbocycles. The first-order valence-corrected chi connectivity index (χ1v) is 11.2. The second kappa shape index (κ2) is 8.85. The Hall–Kier alpha value is -3.64. The van der Waals surface area contributed by atoms with Crippen LogP contribution in [0.1, 0.15) is 12.0 Å². The molecule has 0 radical (unpaired) electrons. The normalized spacial score (nSPS) is 11.2. The molecule has 0 fully saturated rings. The standard InChI is InChI=1S/C26H21NO4S/c1-17-15-25(28)31-23-16-20(11-12-21(17)23)30-14-4-13-29-19-9-7-18(8-10-19)26-27-22-5-2-3-6-24(22)32-26/h2-3,5-12,15-16H,4,13-14H2,1H3. The number of aryl methyl sites for hydroxylation is 1. The molecule has 5 aromatic rings. The van der Waals surface area contributed by atoms with E-state index in [1.165, 1.54) is 10.8 Å². The minimum Gasteiger partial charge on any atom is -0.493 e. The van der Waals surface area contributed by atoms with E-state index in [1.54, 1.807) is 17.4 Å². The van der Waals surface area contributed by atoms with Crippen molar-refractivity contribution in [2.75, 3.05) is 13.2 Å². The second-order valence-corrected chi connectivity index (χ2v) is 8.50. The van der Waals surface area contributed by atoms with E-state index < -0.39 is 0 Å². The van der Waals surface area contributed by atoms with Crippen LogP contribution in [0.2, 0.25) is 0 Å². The van der Waals surface area contributed by atoms with E-state index >= 15 is 0 Å². The molecular formula is C26H21NO4S. The zero-order valence-corrected chi connectivity index (χ0v) is 18.4. The van der Waals surface area contributed by atoms with E-state index in [2.05, 4.69) is 6.07 Å². The number of aromatic nitrogens is 1. The zero-order valence-electron chi connectivity index (χ0n) is 17.5. The molecule has 5 nitrogen and oxygen atoms in total. The molecule has 0 atom stereocenters. The summed E-state index contributed by atoms with van der Waals surface area (Å²) in [4.78, 5) is 16.3. The highest BCUT2D eigenvalue weighted by Crippen LogP contribution is 2.31. The lowest BCUT2D eigenvalue weighted by Gasteiger charge is -2.09. The van der Waals surface area contributed by atoms with Gasteiger partial charge in [-0.2, -0.15) is 0 Å². The summed E-state index contributed by atoms with van der Waals surface area (Å²) in [5.41, 5.74) is 3.19. The number of hydrogen-bond donors (Lipinski definition) is 0. The molecule has 0 unspecified atom stereocenters. The molecule has 0 aliphatic heterocycles. The Balaban J connectivity index is 1.13. The molecule has 6 heteroatoms. The van der Waals surface area contributed by atoms with Gasteiger partial charge in [0.1, 0.15) is 22.1 Å². The maximum absolute atomic E-state index is 11.6. The number of rotatable bonds is 7. The van der Waals surface area contributed by atoms with Gasteiger partial charge in [0, 0.05) is 29.5 Å². The molecule has 3 aromatic carbocycles. The van der Waals surface area contributed by atoms with Gasteiger partial charge < -0.3 is 13.9 Å². The maximum Gasteiger partial charge on any atom is 0.336 e. The van der Waals surface area contributed by atoms with E-state index in [9.17, 15) is 4.79 Å². The van der Waals surface area contributed by atoms with Crippen molar-refractivity contribution < 1.29 is 13.9 Å². The molecule has 0 saturated heterocycles. The fraction of sp³-hybridized carbons (Fsp3) is 0.154.